The van der Waals surface area contributed by atoms with E-state index in [-0.39, 0.29) is 11.9 Å². The van der Waals surface area contributed by atoms with Gasteiger partial charge in [-0.15, -0.1) is 0 Å². The number of rotatable bonds is 3. The molecule has 1 atom stereocenters. The average molecular weight is 348 g/mol. The van der Waals surface area contributed by atoms with Gasteiger partial charge in [0, 0.05) is 24.0 Å². The molecule has 1 aromatic carbocycles. The van der Waals surface area contributed by atoms with Crippen molar-refractivity contribution in [3.8, 4) is 11.4 Å². The molecule has 0 unspecified atom stereocenters. The zero-order valence-corrected chi connectivity index (χ0v) is 14.6. The Bertz CT molecular complexity index is 890. The highest BCUT2D eigenvalue weighted by atomic mass is 16.5. The highest BCUT2D eigenvalue weighted by Gasteiger charge is 2.32. The maximum absolute atomic E-state index is 13.0. The summed E-state index contributed by atoms with van der Waals surface area (Å²) in [5.41, 5.74) is 2.38. The fourth-order valence-electron chi connectivity index (χ4n) is 3.27. The highest BCUT2D eigenvalue weighted by molar-refractivity contribution is 5.94. The summed E-state index contributed by atoms with van der Waals surface area (Å²) < 4.78 is 5.52. The summed E-state index contributed by atoms with van der Waals surface area (Å²) in [5.74, 6) is 1.01. The van der Waals surface area contributed by atoms with Crippen LogP contribution in [0.5, 0.6) is 0 Å². The molecule has 0 N–H and O–H groups in total. The molecule has 3 aromatic rings. The minimum absolute atomic E-state index is 0.0401. The molecular formula is C20H20N4O2. The Morgan fingerprint density at radius 2 is 2.00 bits per heavy atom. The Labute approximate surface area is 151 Å². The molecule has 1 fully saturated rings. The summed E-state index contributed by atoms with van der Waals surface area (Å²) in [5, 5.41) is 4.10. The molecule has 0 saturated carbocycles. The number of amides is 1. The van der Waals surface area contributed by atoms with Crippen molar-refractivity contribution in [1.82, 2.24) is 20.0 Å². The molecule has 1 aliphatic heterocycles. The molecule has 3 heterocycles. The molecule has 26 heavy (non-hydrogen) atoms. The smallest absolute Gasteiger partial charge is 0.256 e. The second kappa shape index (κ2) is 7.07. The zero-order chi connectivity index (χ0) is 17.9. The number of carbonyl (C=O) groups is 1. The van der Waals surface area contributed by atoms with Crippen molar-refractivity contribution in [3.05, 3.63) is 65.8 Å². The van der Waals surface area contributed by atoms with Crippen LogP contribution in [0.15, 0.2) is 53.2 Å². The van der Waals surface area contributed by atoms with Crippen molar-refractivity contribution in [2.75, 3.05) is 6.54 Å². The largest absolute Gasteiger partial charge is 0.337 e. The van der Waals surface area contributed by atoms with Crippen LogP contribution in [0.2, 0.25) is 0 Å². The van der Waals surface area contributed by atoms with Gasteiger partial charge in [0.2, 0.25) is 11.7 Å². The second-order valence-electron chi connectivity index (χ2n) is 6.52. The van der Waals surface area contributed by atoms with Crippen LogP contribution in [-0.2, 0) is 0 Å². The van der Waals surface area contributed by atoms with E-state index in [2.05, 4.69) is 15.1 Å². The van der Waals surface area contributed by atoms with Crippen LogP contribution in [-0.4, -0.2) is 32.5 Å². The van der Waals surface area contributed by atoms with Gasteiger partial charge >= 0.3 is 0 Å². The molecule has 1 amide bonds. The first-order valence-corrected chi connectivity index (χ1v) is 8.85. The van der Waals surface area contributed by atoms with Crippen molar-refractivity contribution < 1.29 is 9.32 Å². The second-order valence-corrected chi connectivity index (χ2v) is 6.52. The van der Waals surface area contributed by atoms with Gasteiger partial charge in [-0.1, -0.05) is 35.5 Å². The van der Waals surface area contributed by atoms with Crippen LogP contribution < -0.4 is 0 Å². The third-order valence-corrected chi connectivity index (χ3v) is 4.68. The van der Waals surface area contributed by atoms with Gasteiger partial charge in [0.1, 0.15) is 6.04 Å². The molecule has 0 bridgehead atoms. The van der Waals surface area contributed by atoms with Gasteiger partial charge in [0.25, 0.3) is 5.91 Å². The van der Waals surface area contributed by atoms with Crippen LogP contribution in [0.3, 0.4) is 0 Å². The van der Waals surface area contributed by atoms with Crippen molar-refractivity contribution in [2.24, 2.45) is 0 Å². The molecule has 6 nitrogen and oxygen atoms in total. The van der Waals surface area contributed by atoms with Crippen LogP contribution in [0, 0.1) is 6.92 Å². The third-order valence-electron chi connectivity index (χ3n) is 4.68. The molecule has 6 heteroatoms. The number of pyridine rings is 1. The monoisotopic (exact) mass is 348 g/mol. The summed E-state index contributed by atoms with van der Waals surface area (Å²) in [7, 11) is 0. The lowest BCUT2D eigenvalue weighted by atomic mass is 10.0. The number of piperidine rings is 1. The number of hydrogen-bond acceptors (Lipinski definition) is 5. The number of aromatic nitrogens is 3. The number of carbonyl (C=O) groups excluding carboxylic acids is 1. The lowest BCUT2D eigenvalue weighted by molar-refractivity contribution is 0.0561. The first-order chi connectivity index (χ1) is 12.7. The molecule has 1 saturated heterocycles. The number of likely N-dealkylation sites (tertiary alicyclic amines) is 1. The number of nitrogens with zero attached hydrogens (tertiary/aromatic N) is 4. The van der Waals surface area contributed by atoms with Gasteiger partial charge < -0.3 is 9.42 Å². The highest BCUT2D eigenvalue weighted by Crippen LogP contribution is 2.32. The van der Waals surface area contributed by atoms with Crippen LogP contribution in [0.1, 0.15) is 47.2 Å². The van der Waals surface area contributed by atoms with E-state index in [1.807, 2.05) is 54.3 Å². The molecule has 2 aromatic heterocycles. The van der Waals surface area contributed by atoms with E-state index >= 15 is 0 Å². The fourth-order valence-corrected chi connectivity index (χ4v) is 3.27. The minimum atomic E-state index is -0.192. The van der Waals surface area contributed by atoms with E-state index in [0.717, 1.165) is 30.5 Å². The topological polar surface area (TPSA) is 72.1 Å². The molecule has 132 valence electrons. The van der Waals surface area contributed by atoms with Gasteiger partial charge in [0.15, 0.2) is 0 Å². The van der Waals surface area contributed by atoms with E-state index in [1.165, 1.54) is 0 Å². The Kier molecular flexibility index (Phi) is 4.48. The fraction of sp³-hybridized carbons (Fsp3) is 0.300. The average Bonchev–Trinajstić information content (AvgIpc) is 3.19. The lowest BCUT2D eigenvalue weighted by Gasteiger charge is -2.33. The summed E-state index contributed by atoms with van der Waals surface area (Å²) in [4.78, 5) is 23.6. The first-order valence-electron chi connectivity index (χ1n) is 8.85. The van der Waals surface area contributed by atoms with Gasteiger partial charge in [-0.2, -0.15) is 4.98 Å². The summed E-state index contributed by atoms with van der Waals surface area (Å²) in [6.45, 7) is 2.59. The van der Waals surface area contributed by atoms with E-state index < -0.39 is 0 Å². The number of hydrogen-bond donors (Lipinski definition) is 0. The van der Waals surface area contributed by atoms with Crippen LogP contribution in [0.25, 0.3) is 11.4 Å². The third kappa shape index (κ3) is 3.22. The lowest BCUT2D eigenvalue weighted by Crippen LogP contribution is -2.38. The van der Waals surface area contributed by atoms with Crippen molar-refractivity contribution >= 4 is 5.91 Å². The Hall–Kier alpha value is -3.02. The van der Waals surface area contributed by atoms with Crippen molar-refractivity contribution in [1.29, 1.82) is 0 Å². The van der Waals surface area contributed by atoms with Gasteiger partial charge in [-0.3, -0.25) is 9.78 Å². The minimum Gasteiger partial charge on any atom is -0.337 e. The number of benzene rings is 1. The Morgan fingerprint density at radius 3 is 2.77 bits per heavy atom. The standard InChI is InChI=1S/C20H20N4O2/c1-14-10-11-16(13-21-14)20(25)24-12-6-5-9-17(24)19-22-18(23-26-19)15-7-3-2-4-8-15/h2-4,7-8,10-11,13,17H,5-6,9,12H2,1H3/t17-/m1/s1. The Balaban J connectivity index is 1.61. The maximum atomic E-state index is 13.0. The predicted molar refractivity (Wildman–Crippen MR) is 96.3 cm³/mol. The summed E-state index contributed by atoms with van der Waals surface area (Å²) in [6, 6.07) is 13.2. The predicted octanol–water partition coefficient (Wildman–Crippen LogP) is 3.81. The molecule has 0 spiro atoms. The molecule has 0 radical (unpaired) electrons. The molecule has 1 aliphatic rings. The summed E-state index contributed by atoms with van der Waals surface area (Å²) >= 11 is 0. The zero-order valence-electron chi connectivity index (χ0n) is 14.6. The maximum Gasteiger partial charge on any atom is 0.256 e. The first kappa shape index (κ1) is 16.4. The quantitative estimate of drug-likeness (QED) is 0.720. The Morgan fingerprint density at radius 1 is 1.15 bits per heavy atom. The van der Waals surface area contributed by atoms with Gasteiger partial charge in [0.05, 0.1) is 5.56 Å². The van der Waals surface area contributed by atoms with Gasteiger partial charge in [-0.05, 0) is 38.3 Å². The van der Waals surface area contributed by atoms with Crippen LogP contribution >= 0.6 is 0 Å². The SMILES string of the molecule is Cc1ccc(C(=O)N2CCCC[C@@H]2c2nc(-c3ccccc3)no2)cn1. The van der Waals surface area contributed by atoms with E-state index in [4.69, 9.17) is 4.52 Å². The molecular weight excluding hydrogens is 328 g/mol. The van der Waals surface area contributed by atoms with E-state index in [1.54, 1.807) is 6.20 Å². The molecule has 4 rings (SSSR count). The van der Waals surface area contributed by atoms with E-state index in [0.29, 0.717) is 23.8 Å². The normalized spacial score (nSPS) is 17.3. The van der Waals surface area contributed by atoms with Crippen molar-refractivity contribution in [2.45, 2.75) is 32.2 Å². The number of aryl methyl sites for hydroxylation is 1. The van der Waals surface area contributed by atoms with Crippen molar-refractivity contribution in [3.63, 3.8) is 0 Å². The molecule has 0 aliphatic carbocycles. The van der Waals surface area contributed by atoms with E-state index in [9.17, 15) is 4.79 Å². The summed E-state index contributed by atoms with van der Waals surface area (Å²) in [6.07, 6.45) is 4.46. The van der Waals surface area contributed by atoms with Gasteiger partial charge in [-0.25, -0.2) is 0 Å². The van der Waals surface area contributed by atoms with Crippen LogP contribution in [0.4, 0.5) is 0 Å².